The zero-order chi connectivity index (χ0) is 10.7. The van der Waals surface area contributed by atoms with Crippen LogP contribution in [0.4, 0.5) is 0 Å². The number of hydrogen-bond acceptors (Lipinski definition) is 4. The summed E-state index contributed by atoms with van der Waals surface area (Å²) in [4.78, 5) is 1.32. The first-order valence-corrected chi connectivity index (χ1v) is 6.20. The van der Waals surface area contributed by atoms with Crippen LogP contribution in [0.5, 0.6) is 0 Å². The summed E-state index contributed by atoms with van der Waals surface area (Å²) in [7, 11) is 1.89. The fraction of sp³-hybridized carbons (Fsp3) is 0.333. The number of aryl methyl sites for hydroxylation is 1. The number of rotatable bonds is 4. The fourth-order valence-corrected chi connectivity index (χ4v) is 2.65. The van der Waals surface area contributed by atoms with E-state index in [4.69, 9.17) is 0 Å². The van der Waals surface area contributed by atoms with Crippen LogP contribution in [0.3, 0.4) is 0 Å². The van der Waals surface area contributed by atoms with Crippen molar-refractivity contribution in [2.45, 2.75) is 13.1 Å². The summed E-state index contributed by atoms with van der Waals surface area (Å²) in [5, 5.41) is 13.1. The van der Waals surface area contributed by atoms with Crippen molar-refractivity contribution in [1.82, 2.24) is 20.3 Å². The van der Waals surface area contributed by atoms with Crippen molar-refractivity contribution in [1.29, 1.82) is 0 Å². The molecule has 2 aromatic heterocycles. The average molecular weight is 287 g/mol. The molecule has 0 bridgehead atoms. The number of aromatic nitrogens is 3. The minimum Gasteiger partial charge on any atom is -0.306 e. The van der Waals surface area contributed by atoms with E-state index in [1.807, 2.05) is 7.05 Å². The van der Waals surface area contributed by atoms with Gasteiger partial charge in [0.05, 0.1) is 11.9 Å². The first-order chi connectivity index (χ1) is 7.25. The Labute approximate surface area is 100 Å². The van der Waals surface area contributed by atoms with Gasteiger partial charge in [-0.05, 0) is 22.0 Å². The van der Waals surface area contributed by atoms with E-state index < -0.39 is 0 Å². The fourth-order valence-electron chi connectivity index (χ4n) is 1.23. The van der Waals surface area contributed by atoms with E-state index in [2.05, 4.69) is 43.0 Å². The highest BCUT2D eigenvalue weighted by Gasteiger charge is 2.00. The molecule has 0 saturated carbocycles. The highest BCUT2D eigenvalue weighted by atomic mass is 79.9. The van der Waals surface area contributed by atoms with Crippen LogP contribution in [0.1, 0.15) is 10.6 Å². The zero-order valence-corrected chi connectivity index (χ0v) is 10.7. The van der Waals surface area contributed by atoms with Crippen molar-refractivity contribution in [3.05, 3.63) is 32.7 Å². The van der Waals surface area contributed by atoms with Crippen LogP contribution >= 0.6 is 27.3 Å². The van der Waals surface area contributed by atoms with E-state index in [1.54, 1.807) is 22.2 Å². The molecule has 15 heavy (non-hydrogen) atoms. The average Bonchev–Trinajstić information content (AvgIpc) is 2.77. The molecule has 0 amide bonds. The van der Waals surface area contributed by atoms with Gasteiger partial charge in [0.2, 0.25) is 0 Å². The Kier molecular flexibility index (Phi) is 3.50. The monoisotopic (exact) mass is 286 g/mol. The molecule has 2 rings (SSSR count). The predicted octanol–water partition coefficient (Wildman–Crippen LogP) is 1.93. The third-order valence-corrected chi connectivity index (χ3v) is 3.73. The predicted molar refractivity (Wildman–Crippen MR) is 63.6 cm³/mol. The van der Waals surface area contributed by atoms with Crippen LogP contribution in [0.25, 0.3) is 0 Å². The van der Waals surface area contributed by atoms with Gasteiger partial charge in [0.25, 0.3) is 0 Å². The van der Waals surface area contributed by atoms with Gasteiger partial charge < -0.3 is 5.32 Å². The molecule has 2 aromatic rings. The summed E-state index contributed by atoms with van der Waals surface area (Å²) < 4.78 is 2.92. The minimum atomic E-state index is 0.791. The lowest BCUT2D eigenvalue weighted by Gasteiger charge is -2.02. The first-order valence-electron chi connectivity index (χ1n) is 4.53. The van der Waals surface area contributed by atoms with Crippen molar-refractivity contribution < 1.29 is 0 Å². The molecular weight excluding hydrogens is 276 g/mol. The van der Waals surface area contributed by atoms with Gasteiger partial charge >= 0.3 is 0 Å². The Morgan fingerprint density at radius 2 is 2.40 bits per heavy atom. The Morgan fingerprint density at radius 1 is 1.53 bits per heavy atom. The summed E-state index contributed by atoms with van der Waals surface area (Å²) >= 11 is 5.18. The smallest absolute Gasteiger partial charge is 0.0738 e. The lowest BCUT2D eigenvalue weighted by atomic mass is 10.4. The van der Waals surface area contributed by atoms with Crippen molar-refractivity contribution in [2.75, 3.05) is 0 Å². The molecule has 0 aliphatic carbocycles. The van der Waals surface area contributed by atoms with Gasteiger partial charge in [-0.2, -0.15) is 0 Å². The molecule has 0 aliphatic heterocycles. The Bertz CT molecular complexity index is 437. The third kappa shape index (κ3) is 2.87. The number of halogens is 1. The van der Waals surface area contributed by atoms with Gasteiger partial charge in [0, 0.05) is 34.9 Å². The summed E-state index contributed by atoms with van der Waals surface area (Å²) in [6.45, 7) is 1.67. The maximum Gasteiger partial charge on any atom is 0.0738 e. The molecule has 0 unspecified atom stereocenters. The Balaban J connectivity index is 1.83. The molecule has 0 aromatic carbocycles. The van der Waals surface area contributed by atoms with Gasteiger partial charge in [-0.1, -0.05) is 5.21 Å². The number of nitrogens with one attached hydrogen (secondary N) is 1. The molecule has 4 nitrogen and oxygen atoms in total. The molecule has 0 radical (unpaired) electrons. The Morgan fingerprint density at radius 3 is 3.00 bits per heavy atom. The second-order valence-corrected chi connectivity index (χ2v) is 5.10. The largest absolute Gasteiger partial charge is 0.306 e. The minimum absolute atomic E-state index is 0.791. The number of nitrogens with zero attached hydrogens (tertiary/aromatic N) is 3. The van der Waals surface area contributed by atoms with E-state index in [9.17, 15) is 0 Å². The van der Waals surface area contributed by atoms with E-state index in [-0.39, 0.29) is 0 Å². The summed E-state index contributed by atoms with van der Waals surface area (Å²) in [6.07, 6.45) is 1.78. The highest BCUT2D eigenvalue weighted by molar-refractivity contribution is 9.10. The molecule has 2 heterocycles. The van der Waals surface area contributed by atoms with Crippen LogP contribution in [-0.2, 0) is 20.1 Å². The van der Waals surface area contributed by atoms with Gasteiger partial charge in [0.1, 0.15) is 0 Å². The molecule has 0 spiro atoms. The topological polar surface area (TPSA) is 42.7 Å². The third-order valence-electron chi connectivity index (χ3n) is 2.04. The molecule has 0 aliphatic rings. The lowest BCUT2D eigenvalue weighted by Crippen LogP contribution is -2.14. The molecule has 1 N–H and O–H groups in total. The van der Waals surface area contributed by atoms with E-state index >= 15 is 0 Å². The molecule has 0 fully saturated rings. The normalized spacial score (nSPS) is 10.8. The second-order valence-electron chi connectivity index (χ2n) is 3.18. The highest BCUT2D eigenvalue weighted by Crippen LogP contribution is 2.19. The maximum absolute atomic E-state index is 3.87. The van der Waals surface area contributed by atoms with Gasteiger partial charge in [0.15, 0.2) is 0 Å². The van der Waals surface area contributed by atoms with Crippen LogP contribution in [0, 0.1) is 0 Å². The molecule has 0 saturated heterocycles. The number of hydrogen-bond donors (Lipinski definition) is 1. The standard InChI is InChI=1S/C9H11BrN4S/c1-14-8(4-12-13-14)3-11-5-9-2-7(10)6-15-9/h2,4,6,11H,3,5H2,1H3. The maximum atomic E-state index is 3.87. The van der Waals surface area contributed by atoms with E-state index in [0.29, 0.717) is 0 Å². The molecule has 6 heteroatoms. The Hall–Kier alpha value is -0.720. The van der Waals surface area contributed by atoms with Crippen LogP contribution in [0.15, 0.2) is 22.1 Å². The number of thiophene rings is 1. The van der Waals surface area contributed by atoms with Gasteiger partial charge in [-0.3, -0.25) is 4.68 Å². The summed E-state index contributed by atoms with van der Waals surface area (Å²) in [5.74, 6) is 0. The van der Waals surface area contributed by atoms with E-state index in [0.717, 1.165) is 23.3 Å². The summed E-state index contributed by atoms with van der Waals surface area (Å²) in [6, 6.07) is 2.12. The van der Waals surface area contributed by atoms with Crippen LogP contribution in [0.2, 0.25) is 0 Å². The second kappa shape index (κ2) is 4.87. The van der Waals surface area contributed by atoms with Crippen LogP contribution < -0.4 is 5.32 Å². The molecule has 0 atom stereocenters. The quantitative estimate of drug-likeness (QED) is 0.934. The summed E-state index contributed by atoms with van der Waals surface area (Å²) in [5.41, 5.74) is 1.09. The van der Waals surface area contributed by atoms with Crippen molar-refractivity contribution >= 4 is 27.3 Å². The molecule has 80 valence electrons. The van der Waals surface area contributed by atoms with Gasteiger partial charge in [-0.15, -0.1) is 16.4 Å². The lowest BCUT2D eigenvalue weighted by molar-refractivity contribution is 0.619. The van der Waals surface area contributed by atoms with E-state index in [1.165, 1.54) is 4.88 Å². The van der Waals surface area contributed by atoms with Crippen molar-refractivity contribution in [3.8, 4) is 0 Å². The van der Waals surface area contributed by atoms with Crippen LogP contribution in [-0.4, -0.2) is 15.0 Å². The first kappa shape index (κ1) is 10.8. The SMILES string of the molecule is Cn1nncc1CNCc1cc(Br)cs1. The zero-order valence-electron chi connectivity index (χ0n) is 8.27. The van der Waals surface area contributed by atoms with Gasteiger partial charge in [-0.25, -0.2) is 0 Å². The van der Waals surface area contributed by atoms with Crippen molar-refractivity contribution in [3.63, 3.8) is 0 Å². The molecular formula is C9H11BrN4S. The van der Waals surface area contributed by atoms with Crippen molar-refractivity contribution in [2.24, 2.45) is 7.05 Å².